The lowest BCUT2D eigenvalue weighted by atomic mass is 9.98. The first-order valence-electron chi connectivity index (χ1n) is 9.62. The highest BCUT2D eigenvalue weighted by molar-refractivity contribution is 7.20. The summed E-state index contributed by atoms with van der Waals surface area (Å²) in [6.45, 7) is 1.84. The Hall–Kier alpha value is -2.74. The molecule has 0 aliphatic heterocycles. The van der Waals surface area contributed by atoms with Gasteiger partial charge in [0.2, 0.25) is 0 Å². The number of aromatic nitrogens is 2. The van der Waals surface area contributed by atoms with Gasteiger partial charge in [-0.25, -0.2) is 19.2 Å². The highest BCUT2D eigenvalue weighted by atomic mass is 32.1. The van der Waals surface area contributed by atoms with Gasteiger partial charge in [-0.3, -0.25) is 0 Å². The van der Waals surface area contributed by atoms with E-state index in [1.54, 1.807) is 6.07 Å². The van der Waals surface area contributed by atoms with Gasteiger partial charge in [0.05, 0.1) is 24.3 Å². The predicted molar refractivity (Wildman–Crippen MR) is 111 cm³/mol. The Morgan fingerprint density at radius 2 is 2.03 bits per heavy atom. The third-order valence-electron chi connectivity index (χ3n) is 5.14. The van der Waals surface area contributed by atoms with E-state index in [1.165, 1.54) is 43.3 Å². The van der Waals surface area contributed by atoms with E-state index >= 15 is 0 Å². The lowest BCUT2D eigenvalue weighted by Crippen LogP contribution is -2.20. The number of nitrogens with one attached hydrogen (secondary N) is 1. The molecular weight excluding hydrogens is 393 g/mol. The second-order valence-electron chi connectivity index (χ2n) is 7.09. The van der Waals surface area contributed by atoms with Crippen molar-refractivity contribution in [3.8, 4) is 5.75 Å². The normalized spacial score (nSPS) is 14.7. The van der Waals surface area contributed by atoms with Crippen LogP contribution in [-0.4, -0.2) is 29.2 Å². The van der Waals surface area contributed by atoms with Crippen LogP contribution in [0.15, 0.2) is 24.5 Å². The maximum atomic E-state index is 13.9. The van der Waals surface area contributed by atoms with Crippen molar-refractivity contribution in [1.82, 2.24) is 9.97 Å². The number of hydrogen-bond donors (Lipinski definition) is 1. The van der Waals surface area contributed by atoms with Crippen molar-refractivity contribution in [3.05, 3.63) is 40.8 Å². The van der Waals surface area contributed by atoms with Crippen LogP contribution in [0.4, 0.5) is 15.9 Å². The van der Waals surface area contributed by atoms with Crippen LogP contribution in [0.3, 0.4) is 0 Å². The van der Waals surface area contributed by atoms with Gasteiger partial charge in [0.25, 0.3) is 0 Å². The molecule has 0 spiro atoms. The minimum absolute atomic E-state index is 0.0883. The Bertz CT molecular complexity index is 1050. The van der Waals surface area contributed by atoms with E-state index in [2.05, 4.69) is 15.3 Å². The number of thiophene rings is 1. The molecule has 152 valence electrons. The van der Waals surface area contributed by atoms with Crippen molar-refractivity contribution in [2.45, 2.75) is 45.1 Å². The summed E-state index contributed by atoms with van der Waals surface area (Å²) >= 11 is 1.26. The molecule has 0 saturated heterocycles. The van der Waals surface area contributed by atoms with E-state index in [4.69, 9.17) is 9.47 Å². The summed E-state index contributed by atoms with van der Waals surface area (Å²) in [6, 6.07) is 4.43. The standard InChI is InChI=1S/C21H22FN3O3S/c1-12-17-19(23-11-24-20(17)29-18(12)21(26)27-2)25-15-9-8-13(22)10-16(15)28-14-6-4-3-5-7-14/h8-11,14H,3-7H2,1-2H3,(H,23,24,25). The van der Waals surface area contributed by atoms with Crippen molar-refractivity contribution >= 4 is 39.0 Å². The van der Waals surface area contributed by atoms with Gasteiger partial charge in [-0.05, 0) is 50.3 Å². The molecule has 1 aliphatic rings. The third-order valence-corrected chi connectivity index (χ3v) is 6.32. The highest BCUT2D eigenvalue weighted by Crippen LogP contribution is 2.37. The molecule has 3 aromatic rings. The summed E-state index contributed by atoms with van der Waals surface area (Å²) in [6.07, 6.45) is 6.93. The SMILES string of the molecule is COC(=O)c1sc2ncnc(Nc3ccc(F)cc3OC3CCCCC3)c2c1C. The number of fused-ring (bicyclic) bond motifs is 1. The van der Waals surface area contributed by atoms with Crippen molar-refractivity contribution in [2.75, 3.05) is 12.4 Å². The molecule has 0 radical (unpaired) electrons. The van der Waals surface area contributed by atoms with Gasteiger partial charge in [-0.2, -0.15) is 0 Å². The number of aryl methyl sites for hydroxylation is 1. The summed E-state index contributed by atoms with van der Waals surface area (Å²) in [5.74, 6) is 0.247. The first-order valence-corrected chi connectivity index (χ1v) is 10.4. The van der Waals surface area contributed by atoms with E-state index in [0.717, 1.165) is 36.6 Å². The number of benzene rings is 1. The second-order valence-corrected chi connectivity index (χ2v) is 8.09. The third kappa shape index (κ3) is 4.03. The number of esters is 1. The van der Waals surface area contributed by atoms with Crippen LogP contribution in [0.5, 0.6) is 5.75 Å². The molecule has 1 aromatic carbocycles. The molecule has 0 amide bonds. The first kappa shape index (κ1) is 19.6. The first-order chi connectivity index (χ1) is 14.1. The topological polar surface area (TPSA) is 73.3 Å². The van der Waals surface area contributed by atoms with E-state index < -0.39 is 5.97 Å². The fourth-order valence-electron chi connectivity index (χ4n) is 3.64. The number of methoxy groups -OCH3 is 1. The molecule has 0 unspecified atom stereocenters. The molecule has 1 aliphatic carbocycles. The molecular formula is C21H22FN3O3S. The summed E-state index contributed by atoms with van der Waals surface area (Å²) in [7, 11) is 1.35. The Labute approximate surface area is 172 Å². The van der Waals surface area contributed by atoms with Crippen LogP contribution in [-0.2, 0) is 4.74 Å². The van der Waals surface area contributed by atoms with Crippen molar-refractivity contribution in [3.63, 3.8) is 0 Å². The smallest absolute Gasteiger partial charge is 0.348 e. The number of nitrogens with zero attached hydrogens (tertiary/aromatic N) is 2. The molecule has 8 heteroatoms. The molecule has 2 aromatic heterocycles. The maximum absolute atomic E-state index is 13.9. The van der Waals surface area contributed by atoms with E-state index in [1.807, 2.05) is 6.92 Å². The quantitative estimate of drug-likeness (QED) is 0.564. The van der Waals surface area contributed by atoms with Gasteiger partial charge >= 0.3 is 5.97 Å². The zero-order valence-corrected chi connectivity index (χ0v) is 17.1. The van der Waals surface area contributed by atoms with Gasteiger partial charge in [0, 0.05) is 6.07 Å². The number of hydrogen-bond acceptors (Lipinski definition) is 7. The van der Waals surface area contributed by atoms with Gasteiger partial charge in [0.15, 0.2) is 0 Å². The summed E-state index contributed by atoms with van der Waals surface area (Å²) in [5.41, 5.74) is 1.37. The van der Waals surface area contributed by atoms with Gasteiger partial charge in [0.1, 0.15) is 33.4 Å². The average molecular weight is 415 g/mol. The van der Waals surface area contributed by atoms with Crippen LogP contribution in [0.2, 0.25) is 0 Å². The number of halogens is 1. The molecule has 4 rings (SSSR count). The minimum Gasteiger partial charge on any atom is -0.488 e. The molecule has 29 heavy (non-hydrogen) atoms. The van der Waals surface area contributed by atoms with Crippen LogP contribution < -0.4 is 10.1 Å². The van der Waals surface area contributed by atoms with Crippen LogP contribution in [0.1, 0.15) is 47.3 Å². The second kappa shape index (κ2) is 8.32. The van der Waals surface area contributed by atoms with Crippen LogP contribution in [0.25, 0.3) is 10.2 Å². The molecule has 1 N–H and O–H groups in total. The lowest BCUT2D eigenvalue weighted by molar-refractivity contribution is 0.0605. The summed E-state index contributed by atoms with van der Waals surface area (Å²) in [5, 5.41) is 4.00. The number of carbonyl (C=O) groups is 1. The highest BCUT2D eigenvalue weighted by Gasteiger charge is 2.21. The number of rotatable bonds is 5. The van der Waals surface area contributed by atoms with Gasteiger partial charge in [-0.1, -0.05) is 6.42 Å². The van der Waals surface area contributed by atoms with Gasteiger partial charge in [-0.15, -0.1) is 11.3 Å². The van der Waals surface area contributed by atoms with Crippen LogP contribution >= 0.6 is 11.3 Å². The zero-order chi connectivity index (χ0) is 20.4. The predicted octanol–water partition coefficient (Wildman–Crippen LogP) is 5.38. The minimum atomic E-state index is -0.403. The molecule has 6 nitrogen and oxygen atoms in total. The monoisotopic (exact) mass is 415 g/mol. The lowest BCUT2D eigenvalue weighted by Gasteiger charge is -2.24. The molecule has 2 heterocycles. The average Bonchev–Trinajstić information content (AvgIpc) is 3.08. The number of carbonyl (C=O) groups excluding carboxylic acids is 1. The van der Waals surface area contributed by atoms with E-state index in [-0.39, 0.29) is 11.9 Å². The van der Waals surface area contributed by atoms with Crippen molar-refractivity contribution in [2.24, 2.45) is 0 Å². The Kier molecular flexibility index (Phi) is 5.62. The molecule has 1 fully saturated rings. The largest absolute Gasteiger partial charge is 0.488 e. The summed E-state index contributed by atoms with van der Waals surface area (Å²) in [4.78, 5) is 21.8. The zero-order valence-electron chi connectivity index (χ0n) is 16.3. The fourth-order valence-corrected chi connectivity index (χ4v) is 4.71. The fraction of sp³-hybridized carbons (Fsp3) is 0.381. The molecule has 0 bridgehead atoms. The number of anilines is 2. The van der Waals surface area contributed by atoms with Crippen molar-refractivity contribution < 1.29 is 18.7 Å². The molecule has 0 atom stereocenters. The Balaban J connectivity index is 1.70. The van der Waals surface area contributed by atoms with Crippen molar-refractivity contribution in [1.29, 1.82) is 0 Å². The van der Waals surface area contributed by atoms with Gasteiger partial charge < -0.3 is 14.8 Å². The van der Waals surface area contributed by atoms with E-state index in [0.29, 0.717) is 27.0 Å². The Morgan fingerprint density at radius 3 is 2.79 bits per heavy atom. The summed E-state index contributed by atoms with van der Waals surface area (Å²) < 4.78 is 24.9. The van der Waals surface area contributed by atoms with Crippen LogP contribution in [0, 0.1) is 12.7 Å². The molecule has 1 saturated carbocycles. The van der Waals surface area contributed by atoms with E-state index in [9.17, 15) is 9.18 Å². The maximum Gasteiger partial charge on any atom is 0.348 e. The Morgan fingerprint density at radius 1 is 1.24 bits per heavy atom. The number of ether oxygens (including phenoxy) is 2.